The Balaban J connectivity index is 1.49. The second-order valence-corrected chi connectivity index (χ2v) is 7.95. The van der Waals surface area contributed by atoms with Gasteiger partial charge in [-0.05, 0) is 23.1 Å². The lowest BCUT2D eigenvalue weighted by Crippen LogP contribution is -2.37. The number of thiophene rings is 1. The maximum Gasteiger partial charge on any atom is 0.264 e. The molecule has 1 atom stereocenters. The molecule has 2 heterocycles. The Morgan fingerprint density at radius 3 is 2.64 bits per heavy atom. The van der Waals surface area contributed by atoms with Gasteiger partial charge in [0.15, 0.2) is 6.10 Å². The van der Waals surface area contributed by atoms with E-state index in [2.05, 4.69) is 5.16 Å². The van der Waals surface area contributed by atoms with Crippen LogP contribution in [0.25, 0.3) is 0 Å². The van der Waals surface area contributed by atoms with E-state index in [0.717, 1.165) is 21.7 Å². The van der Waals surface area contributed by atoms with Crippen LogP contribution in [0.1, 0.15) is 27.2 Å². The quantitative estimate of drug-likeness (QED) is 0.557. The molecule has 3 aromatic rings. The zero-order valence-corrected chi connectivity index (χ0v) is 16.7. The third-order valence-corrected chi connectivity index (χ3v) is 5.76. The van der Waals surface area contributed by atoms with Crippen LogP contribution in [0.2, 0.25) is 5.02 Å². The maximum atomic E-state index is 13.0. The smallest absolute Gasteiger partial charge is 0.264 e. The number of nitrogens with zero attached hydrogens (tertiary/aromatic N) is 2. The topological polar surface area (TPSA) is 41.9 Å². The van der Waals surface area contributed by atoms with Crippen molar-refractivity contribution in [1.82, 2.24) is 4.90 Å². The van der Waals surface area contributed by atoms with E-state index in [4.69, 9.17) is 16.4 Å². The number of hydrogen-bond acceptors (Lipinski definition) is 4. The number of carbonyl (C=O) groups is 1. The summed E-state index contributed by atoms with van der Waals surface area (Å²) in [5, 5.41) is 6.80. The highest BCUT2D eigenvalue weighted by atomic mass is 35.5. The van der Waals surface area contributed by atoms with Crippen molar-refractivity contribution in [3.8, 4) is 0 Å². The number of carbonyl (C=O) groups excluding carboxylic acids is 1. The fourth-order valence-corrected chi connectivity index (χ4v) is 4.14. The van der Waals surface area contributed by atoms with Gasteiger partial charge < -0.3 is 9.74 Å². The summed E-state index contributed by atoms with van der Waals surface area (Å²) in [6, 6.07) is 21.3. The van der Waals surface area contributed by atoms with Gasteiger partial charge in [0.25, 0.3) is 5.91 Å². The minimum Gasteiger partial charge on any atom is -0.390 e. The first-order chi connectivity index (χ1) is 13.7. The van der Waals surface area contributed by atoms with Crippen LogP contribution < -0.4 is 0 Å². The molecule has 4 rings (SSSR count). The number of amides is 1. The van der Waals surface area contributed by atoms with Crippen molar-refractivity contribution in [2.75, 3.05) is 6.54 Å². The van der Waals surface area contributed by atoms with E-state index in [-0.39, 0.29) is 12.0 Å². The van der Waals surface area contributed by atoms with Crippen molar-refractivity contribution in [3.63, 3.8) is 0 Å². The minimum atomic E-state index is -0.195. The van der Waals surface area contributed by atoms with Crippen molar-refractivity contribution in [2.24, 2.45) is 5.16 Å². The molecule has 0 spiro atoms. The summed E-state index contributed by atoms with van der Waals surface area (Å²) >= 11 is 7.73. The van der Waals surface area contributed by atoms with Crippen LogP contribution in [-0.2, 0) is 11.4 Å². The summed E-state index contributed by atoms with van der Waals surface area (Å²) in [7, 11) is 0. The molecule has 0 radical (unpaired) electrons. The van der Waals surface area contributed by atoms with Gasteiger partial charge in [-0.15, -0.1) is 11.3 Å². The molecule has 0 N–H and O–H groups in total. The van der Waals surface area contributed by atoms with Crippen LogP contribution in [0.4, 0.5) is 0 Å². The lowest BCUT2D eigenvalue weighted by molar-refractivity contribution is 0.0408. The summed E-state index contributed by atoms with van der Waals surface area (Å²) < 4.78 is 0. The molecule has 142 valence electrons. The van der Waals surface area contributed by atoms with Gasteiger partial charge in [0.05, 0.1) is 17.1 Å². The summed E-state index contributed by atoms with van der Waals surface area (Å²) in [4.78, 5) is 21.2. The van der Waals surface area contributed by atoms with Crippen LogP contribution >= 0.6 is 22.9 Å². The minimum absolute atomic E-state index is 0.00801. The SMILES string of the molecule is O=C(c1cccs1)N(Cc1ccccc1)CC1CC(c2ccccc2Cl)=NO1. The highest BCUT2D eigenvalue weighted by Gasteiger charge is 2.28. The number of halogens is 1. The number of rotatable bonds is 6. The van der Waals surface area contributed by atoms with Gasteiger partial charge in [0.1, 0.15) is 0 Å². The lowest BCUT2D eigenvalue weighted by atomic mass is 10.0. The molecule has 28 heavy (non-hydrogen) atoms. The lowest BCUT2D eigenvalue weighted by Gasteiger charge is -2.24. The Morgan fingerprint density at radius 2 is 1.89 bits per heavy atom. The average molecular weight is 411 g/mol. The van der Waals surface area contributed by atoms with E-state index in [1.807, 2.05) is 77.0 Å². The molecular weight excluding hydrogens is 392 g/mol. The molecular formula is C22H19ClN2O2S. The molecule has 0 aliphatic carbocycles. The Bertz CT molecular complexity index is 973. The fourth-order valence-electron chi connectivity index (χ4n) is 3.21. The molecule has 1 aliphatic heterocycles. The molecule has 1 unspecified atom stereocenters. The zero-order valence-electron chi connectivity index (χ0n) is 15.1. The Morgan fingerprint density at radius 1 is 1.11 bits per heavy atom. The van der Waals surface area contributed by atoms with Crippen LogP contribution in [-0.4, -0.2) is 29.2 Å². The molecule has 1 amide bonds. The first kappa shape index (κ1) is 18.7. The first-order valence-electron chi connectivity index (χ1n) is 9.05. The fraction of sp³-hybridized carbons (Fsp3) is 0.182. The van der Waals surface area contributed by atoms with Crippen molar-refractivity contribution in [3.05, 3.63) is 93.1 Å². The highest BCUT2D eigenvalue weighted by molar-refractivity contribution is 7.12. The Kier molecular flexibility index (Phi) is 5.74. The van der Waals surface area contributed by atoms with E-state index in [1.165, 1.54) is 11.3 Å². The van der Waals surface area contributed by atoms with E-state index in [0.29, 0.717) is 24.5 Å². The molecule has 0 saturated heterocycles. The first-order valence-corrected chi connectivity index (χ1v) is 10.3. The molecule has 0 saturated carbocycles. The van der Waals surface area contributed by atoms with Crippen LogP contribution in [0.5, 0.6) is 0 Å². The summed E-state index contributed by atoms with van der Waals surface area (Å²) in [5.41, 5.74) is 2.78. The second kappa shape index (κ2) is 8.59. The third-order valence-electron chi connectivity index (χ3n) is 4.58. The maximum absolute atomic E-state index is 13.0. The molecule has 0 bridgehead atoms. The predicted molar refractivity (Wildman–Crippen MR) is 113 cm³/mol. The number of hydrogen-bond donors (Lipinski definition) is 0. The van der Waals surface area contributed by atoms with Gasteiger partial charge in [0.2, 0.25) is 0 Å². The number of oxime groups is 1. The van der Waals surface area contributed by atoms with E-state index in [1.54, 1.807) is 0 Å². The average Bonchev–Trinajstić information content (AvgIpc) is 3.40. The van der Waals surface area contributed by atoms with Gasteiger partial charge >= 0.3 is 0 Å². The molecule has 1 aromatic heterocycles. The predicted octanol–water partition coefficient (Wildman–Crippen LogP) is 5.24. The summed E-state index contributed by atoms with van der Waals surface area (Å²) in [6.45, 7) is 0.988. The van der Waals surface area contributed by atoms with Crippen LogP contribution in [0.3, 0.4) is 0 Å². The van der Waals surface area contributed by atoms with Crippen molar-refractivity contribution >= 4 is 34.6 Å². The molecule has 6 heteroatoms. The monoisotopic (exact) mass is 410 g/mol. The van der Waals surface area contributed by atoms with Gasteiger partial charge in [-0.2, -0.15) is 0 Å². The standard InChI is InChI=1S/C22H19ClN2O2S/c23-19-10-5-4-9-18(19)20-13-17(27-24-20)15-25(14-16-7-2-1-3-8-16)22(26)21-11-6-12-28-21/h1-12,17H,13-15H2. The Hall–Kier alpha value is -2.63. The van der Waals surface area contributed by atoms with Crippen molar-refractivity contribution in [2.45, 2.75) is 19.1 Å². The number of benzene rings is 2. The van der Waals surface area contributed by atoms with E-state index < -0.39 is 0 Å². The van der Waals surface area contributed by atoms with Gasteiger partial charge in [-0.3, -0.25) is 4.79 Å². The van der Waals surface area contributed by atoms with E-state index in [9.17, 15) is 4.79 Å². The summed E-state index contributed by atoms with van der Waals surface area (Å²) in [5.74, 6) is 0.00801. The second-order valence-electron chi connectivity index (χ2n) is 6.60. The van der Waals surface area contributed by atoms with Gasteiger partial charge in [-0.1, -0.05) is 71.4 Å². The molecule has 0 fully saturated rings. The van der Waals surface area contributed by atoms with Crippen molar-refractivity contribution < 1.29 is 9.63 Å². The van der Waals surface area contributed by atoms with Crippen LogP contribution in [0, 0.1) is 0 Å². The van der Waals surface area contributed by atoms with Gasteiger partial charge in [-0.25, -0.2) is 0 Å². The van der Waals surface area contributed by atoms with Gasteiger partial charge in [0, 0.05) is 23.6 Å². The Labute approximate surface area is 173 Å². The normalized spacial score (nSPS) is 15.8. The van der Waals surface area contributed by atoms with Crippen molar-refractivity contribution in [1.29, 1.82) is 0 Å². The largest absolute Gasteiger partial charge is 0.390 e. The molecule has 4 nitrogen and oxygen atoms in total. The van der Waals surface area contributed by atoms with Crippen LogP contribution in [0.15, 0.2) is 77.3 Å². The molecule has 1 aliphatic rings. The third kappa shape index (κ3) is 4.26. The zero-order chi connectivity index (χ0) is 19.3. The summed E-state index contributed by atoms with van der Waals surface area (Å²) in [6.07, 6.45) is 0.422. The van der Waals surface area contributed by atoms with E-state index >= 15 is 0 Å². The molecule has 2 aromatic carbocycles. The highest BCUT2D eigenvalue weighted by Crippen LogP contribution is 2.24.